The van der Waals surface area contributed by atoms with E-state index in [-0.39, 0.29) is 16.8 Å². The van der Waals surface area contributed by atoms with Crippen LogP contribution in [0.2, 0.25) is 5.02 Å². The topological polar surface area (TPSA) is 75.3 Å². The molecule has 0 saturated carbocycles. The van der Waals surface area contributed by atoms with Crippen LogP contribution in [0.15, 0.2) is 47.4 Å². The number of nitrogens with one attached hydrogen (secondary N) is 2. The SMILES string of the molecule is Cc1c(Cl)cccc1NS(=O)(=O)c1ccc(C(=O)NC(C)C)cc1. The van der Waals surface area contributed by atoms with Crippen LogP contribution in [0.1, 0.15) is 29.8 Å². The molecule has 5 nitrogen and oxygen atoms in total. The fourth-order valence-corrected chi connectivity index (χ4v) is 3.35. The average molecular weight is 367 g/mol. The van der Waals surface area contributed by atoms with E-state index >= 15 is 0 Å². The number of anilines is 1. The number of halogens is 1. The third-order valence-electron chi connectivity index (χ3n) is 3.36. The molecule has 2 N–H and O–H groups in total. The van der Waals surface area contributed by atoms with Crippen LogP contribution in [0.4, 0.5) is 5.69 Å². The number of carbonyl (C=O) groups excluding carboxylic acids is 1. The van der Waals surface area contributed by atoms with Gasteiger partial charge in [0.1, 0.15) is 0 Å². The summed E-state index contributed by atoms with van der Waals surface area (Å²) in [5.74, 6) is -0.243. The van der Waals surface area contributed by atoms with E-state index in [4.69, 9.17) is 11.6 Å². The second-order valence-electron chi connectivity index (χ2n) is 5.67. The lowest BCUT2D eigenvalue weighted by Crippen LogP contribution is -2.30. The lowest BCUT2D eigenvalue weighted by molar-refractivity contribution is 0.0943. The molecule has 0 aliphatic heterocycles. The molecule has 7 heteroatoms. The van der Waals surface area contributed by atoms with Crippen molar-refractivity contribution in [1.82, 2.24) is 5.32 Å². The van der Waals surface area contributed by atoms with Crippen molar-refractivity contribution in [2.75, 3.05) is 4.72 Å². The predicted molar refractivity (Wildman–Crippen MR) is 96.0 cm³/mol. The number of sulfonamides is 1. The smallest absolute Gasteiger partial charge is 0.261 e. The van der Waals surface area contributed by atoms with Gasteiger partial charge in [-0.25, -0.2) is 8.42 Å². The number of hydrogen-bond donors (Lipinski definition) is 2. The van der Waals surface area contributed by atoms with Gasteiger partial charge in [0.05, 0.1) is 10.6 Å². The van der Waals surface area contributed by atoms with Gasteiger partial charge in [-0.3, -0.25) is 9.52 Å². The zero-order chi connectivity index (χ0) is 17.9. The molecule has 0 aliphatic carbocycles. The Balaban J connectivity index is 2.24. The van der Waals surface area contributed by atoms with E-state index in [0.717, 1.165) is 0 Å². The Morgan fingerprint density at radius 1 is 1.08 bits per heavy atom. The van der Waals surface area contributed by atoms with Crippen molar-refractivity contribution in [3.05, 3.63) is 58.6 Å². The summed E-state index contributed by atoms with van der Waals surface area (Å²) in [5, 5.41) is 3.23. The molecule has 2 rings (SSSR count). The molecule has 128 valence electrons. The summed E-state index contributed by atoms with van der Waals surface area (Å²) in [7, 11) is -3.76. The van der Waals surface area contributed by atoms with Crippen LogP contribution >= 0.6 is 11.6 Å². The molecule has 0 bridgehead atoms. The molecule has 0 fully saturated rings. The predicted octanol–water partition coefficient (Wildman–Crippen LogP) is 3.59. The van der Waals surface area contributed by atoms with Crippen molar-refractivity contribution in [3.8, 4) is 0 Å². The molecule has 2 aromatic rings. The molecule has 0 aliphatic rings. The summed E-state index contributed by atoms with van der Waals surface area (Å²) in [4.78, 5) is 12.0. The van der Waals surface area contributed by atoms with E-state index in [1.807, 2.05) is 13.8 Å². The van der Waals surface area contributed by atoms with Crippen LogP contribution in [-0.2, 0) is 10.0 Å². The molecule has 0 radical (unpaired) electrons. The summed E-state index contributed by atoms with van der Waals surface area (Å²) >= 11 is 6.01. The molecule has 1 amide bonds. The molecule has 0 aromatic heterocycles. The van der Waals surface area contributed by atoms with Crippen LogP contribution in [0.5, 0.6) is 0 Å². The highest BCUT2D eigenvalue weighted by Crippen LogP contribution is 2.25. The van der Waals surface area contributed by atoms with Crippen molar-refractivity contribution in [2.24, 2.45) is 0 Å². The zero-order valence-corrected chi connectivity index (χ0v) is 15.2. The van der Waals surface area contributed by atoms with Gasteiger partial charge in [0.25, 0.3) is 15.9 Å². The van der Waals surface area contributed by atoms with Gasteiger partial charge >= 0.3 is 0 Å². The van der Waals surface area contributed by atoms with E-state index in [1.165, 1.54) is 24.3 Å². The Kier molecular flexibility index (Phi) is 5.51. The highest BCUT2D eigenvalue weighted by molar-refractivity contribution is 7.92. The first-order valence-electron chi connectivity index (χ1n) is 7.39. The van der Waals surface area contributed by atoms with E-state index in [1.54, 1.807) is 25.1 Å². The lowest BCUT2D eigenvalue weighted by atomic mass is 10.2. The maximum absolute atomic E-state index is 12.5. The highest BCUT2D eigenvalue weighted by Gasteiger charge is 2.17. The summed E-state index contributed by atoms with van der Waals surface area (Å²) in [6.07, 6.45) is 0. The summed E-state index contributed by atoms with van der Waals surface area (Å²) < 4.78 is 27.5. The molecule has 0 heterocycles. The quantitative estimate of drug-likeness (QED) is 0.849. The van der Waals surface area contributed by atoms with Gasteiger partial charge < -0.3 is 5.32 Å². The Morgan fingerprint density at radius 2 is 1.71 bits per heavy atom. The van der Waals surface area contributed by atoms with Crippen LogP contribution < -0.4 is 10.0 Å². The third kappa shape index (κ3) is 4.27. The van der Waals surface area contributed by atoms with E-state index in [9.17, 15) is 13.2 Å². The van der Waals surface area contributed by atoms with Crippen molar-refractivity contribution < 1.29 is 13.2 Å². The lowest BCUT2D eigenvalue weighted by Gasteiger charge is -2.12. The minimum Gasteiger partial charge on any atom is -0.350 e. The normalized spacial score (nSPS) is 11.4. The van der Waals surface area contributed by atoms with Crippen LogP contribution in [0.3, 0.4) is 0 Å². The Hall–Kier alpha value is -2.05. The number of carbonyl (C=O) groups is 1. The second kappa shape index (κ2) is 7.23. The first-order valence-corrected chi connectivity index (χ1v) is 9.25. The fraction of sp³-hybridized carbons (Fsp3) is 0.235. The number of benzene rings is 2. The van der Waals surface area contributed by atoms with Gasteiger partial charge in [0, 0.05) is 16.6 Å². The zero-order valence-electron chi connectivity index (χ0n) is 13.6. The van der Waals surface area contributed by atoms with E-state index in [0.29, 0.717) is 21.8 Å². The van der Waals surface area contributed by atoms with Crippen molar-refractivity contribution in [3.63, 3.8) is 0 Å². The molecule has 0 unspecified atom stereocenters. The van der Waals surface area contributed by atoms with E-state index < -0.39 is 10.0 Å². The summed E-state index contributed by atoms with van der Waals surface area (Å²) in [6, 6.07) is 10.8. The van der Waals surface area contributed by atoms with Crippen LogP contribution in [0.25, 0.3) is 0 Å². The van der Waals surface area contributed by atoms with Gasteiger partial charge in [-0.15, -0.1) is 0 Å². The largest absolute Gasteiger partial charge is 0.350 e. The van der Waals surface area contributed by atoms with Gasteiger partial charge in [-0.05, 0) is 62.7 Å². The Labute approximate surface area is 147 Å². The third-order valence-corrected chi connectivity index (χ3v) is 5.15. The molecule has 0 saturated heterocycles. The van der Waals surface area contributed by atoms with Gasteiger partial charge in [-0.2, -0.15) is 0 Å². The van der Waals surface area contributed by atoms with Gasteiger partial charge in [-0.1, -0.05) is 17.7 Å². The monoisotopic (exact) mass is 366 g/mol. The maximum Gasteiger partial charge on any atom is 0.261 e. The highest BCUT2D eigenvalue weighted by atomic mass is 35.5. The minimum atomic E-state index is -3.76. The van der Waals surface area contributed by atoms with Crippen LogP contribution in [0, 0.1) is 6.92 Å². The molecular formula is C17H19ClN2O3S. The molecule has 24 heavy (non-hydrogen) atoms. The van der Waals surface area contributed by atoms with Crippen molar-refractivity contribution >= 4 is 33.2 Å². The summed E-state index contributed by atoms with van der Waals surface area (Å²) in [5.41, 5.74) is 1.47. The summed E-state index contributed by atoms with van der Waals surface area (Å²) in [6.45, 7) is 5.45. The maximum atomic E-state index is 12.5. The van der Waals surface area contributed by atoms with Gasteiger partial charge in [0.2, 0.25) is 0 Å². The van der Waals surface area contributed by atoms with Crippen molar-refractivity contribution in [2.45, 2.75) is 31.7 Å². The second-order valence-corrected chi connectivity index (χ2v) is 7.76. The Bertz CT molecular complexity index is 847. The van der Waals surface area contributed by atoms with Gasteiger partial charge in [0.15, 0.2) is 0 Å². The standard InChI is InChI=1S/C17H19ClN2O3S/c1-11(2)19-17(21)13-7-9-14(10-8-13)24(22,23)20-16-6-4-5-15(18)12(16)3/h4-11,20H,1-3H3,(H,19,21). The molecule has 0 atom stereocenters. The fourth-order valence-electron chi connectivity index (χ4n) is 2.05. The minimum absolute atomic E-state index is 0.00776. The number of amides is 1. The number of hydrogen-bond acceptors (Lipinski definition) is 3. The number of rotatable bonds is 5. The first-order chi connectivity index (χ1) is 11.2. The molecule has 2 aromatic carbocycles. The molecular weight excluding hydrogens is 348 g/mol. The average Bonchev–Trinajstić information content (AvgIpc) is 2.51. The molecule has 0 spiro atoms. The van der Waals surface area contributed by atoms with Crippen molar-refractivity contribution in [1.29, 1.82) is 0 Å². The van der Waals surface area contributed by atoms with E-state index in [2.05, 4.69) is 10.0 Å². The van der Waals surface area contributed by atoms with Crippen LogP contribution in [-0.4, -0.2) is 20.4 Å². The first kappa shape index (κ1) is 18.3. The Morgan fingerprint density at radius 3 is 2.29 bits per heavy atom.